The van der Waals surface area contributed by atoms with Gasteiger partial charge < -0.3 is 4.90 Å². The second-order valence-electron chi connectivity index (χ2n) is 8.56. The zero-order chi connectivity index (χ0) is 22.8. The van der Waals surface area contributed by atoms with Gasteiger partial charge in [-0.1, -0.05) is 54.6 Å². The Balaban J connectivity index is 1.35. The molecule has 1 aliphatic rings. The van der Waals surface area contributed by atoms with Gasteiger partial charge in [-0.05, 0) is 37.1 Å². The second-order valence-corrected chi connectivity index (χ2v) is 8.56. The monoisotopic (exact) mass is 441 g/mol. The van der Waals surface area contributed by atoms with Gasteiger partial charge in [0.05, 0.1) is 5.69 Å². The maximum atomic E-state index is 13.5. The minimum Gasteiger partial charge on any atom is -0.354 e. The maximum absolute atomic E-state index is 13.5. The summed E-state index contributed by atoms with van der Waals surface area (Å²) in [6.45, 7) is 8.81. The third-order valence-corrected chi connectivity index (χ3v) is 6.18. The van der Waals surface area contributed by atoms with E-state index in [1.54, 1.807) is 12.1 Å². The summed E-state index contributed by atoms with van der Waals surface area (Å²) >= 11 is 0. The van der Waals surface area contributed by atoms with Crippen LogP contribution >= 0.6 is 0 Å². The number of aromatic nitrogens is 3. The van der Waals surface area contributed by atoms with E-state index in [4.69, 9.17) is 10.1 Å². The molecule has 1 aliphatic heterocycles. The largest absolute Gasteiger partial charge is 0.354 e. The third-order valence-electron chi connectivity index (χ3n) is 6.18. The molecule has 1 fully saturated rings. The standard InChI is InChI=1S/C27H28FN5/c1-20-19-25(32-17-15-31(16-18-32)14-6-9-22-7-4-3-5-8-22)33-27(29-20)26(21(2)30-33)23-10-12-24(28)13-11-23/h3-13,19H,14-18H2,1-2H3. The molecule has 2 aromatic heterocycles. The molecule has 0 radical (unpaired) electrons. The number of benzene rings is 2. The number of nitrogens with zero attached hydrogens (tertiary/aromatic N) is 5. The Labute approximate surface area is 193 Å². The number of hydrogen-bond donors (Lipinski definition) is 0. The summed E-state index contributed by atoms with van der Waals surface area (Å²) in [6, 6.07) is 19.1. The fourth-order valence-corrected chi connectivity index (χ4v) is 4.47. The molecule has 2 aromatic carbocycles. The van der Waals surface area contributed by atoms with Crippen LogP contribution in [0.5, 0.6) is 0 Å². The van der Waals surface area contributed by atoms with Gasteiger partial charge in [-0.3, -0.25) is 4.90 Å². The van der Waals surface area contributed by atoms with Crippen molar-refractivity contribution in [2.45, 2.75) is 13.8 Å². The highest BCUT2D eigenvalue weighted by Gasteiger charge is 2.22. The number of anilines is 1. The summed E-state index contributed by atoms with van der Waals surface area (Å²) in [5.74, 6) is 0.822. The minimum absolute atomic E-state index is 0.241. The fourth-order valence-electron chi connectivity index (χ4n) is 4.47. The van der Waals surface area contributed by atoms with Crippen molar-refractivity contribution in [3.8, 4) is 11.1 Å². The van der Waals surface area contributed by atoms with E-state index in [1.165, 1.54) is 17.7 Å². The van der Waals surface area contributed by atoms with E-state index in [-0.39, 0.29) is 5.82 Å². The van der Waals surface area contributed by atoms with E-state index >= 15 is 0 Å². The van der Waals surface area contributed by atoms with Gasteiger partial charge in [-0.15, -0.1) is 0 Å². The summed E-state index contributed by atoms with van der Waals surface area (Å²) in [5, 5.41) is 4.82. The highest BCUT2D eigenvalue weighted by molar-refractivity contribution is 5.81. The molecule has 168 valence electrons. The molecule has 1 saturated heterocycles. The lowest BCUT2D eigenvalue weighted by Gasteiger charge is -2.35. The van der Waals surface area contributed by atoms with Crippen molar-refractivity contribution in [3.63, 3.8) is 0 Å². The molecule has 0 unspecified atom stereocenters. The van der Waals surface area contributed by atoms with E-state index < -0.39 is 0 Å². The highest BCUT2D eigenvalue weighted by atomic mass is 19.1. The predicted octanol–water partition coefficient (Wildman–Crippen LogP) is 4.99. The Morgan fingerprint density at radius 2 is 1.67 bits per heavy atom. The van der Waals surface area contributed by atoms with Gasteiger partial charge in [0.25, 0.3) is 0 Å². The normalized spacial score (nSPS) is 15.1. The molecule has 0 N–H and O–H groups in total. The van der Waals surface area contributed by atoms with Gasteiger partial charge in [-0.25, -0.2) is 9.37 Å². The van der Waals surface area contributed by atoms with Crippen LogP contribution in [-0.4, -0.2) is 52.2 Å². The van der Waals surface area contributed by atoms with Crippen molar-refractivity contribution in [2.24, 2.45) is 0 Å². The van der Waals surface area contributed by atoms with Crippen molar-refractivity contribution in [1.29, 1.82) is 0 Å². The molecular formula is C27H28FN5. The third kappa shape index (κ3) is 4.52. The summed E-state index contributed by atoms with van der Waals surface area (Å²) in [7, 11) is 0. The van der Waals surface area contributed by atoms with Crippen molar-refractivity contribution in [2.75, 3.05) is 37.6 Å². The van der Waals surface area contributed by atoms with E-state index in [0.717, 1.165) is 66.7 Å². The first-order valence-corrected chi connectivity index (χ1v) is 11.4. The van der Waals surface area contributed by atoms with E-state index in [1.807, 2.05) is 24.4 Å². The molecule has 4 aromatic rings. The molecule has 5 rings (SSSR count). The molecule has 0 saturated carbocycles. The minimum atomic E-state index is -0.241. The number of aryl methyl sites for hydroxylation is 2. The molecule has 5 nitrogen and oxygen atoms in total. The molecule has 6 heteroatoms. The van der Waals surface area contributed by atoms with Gasteiger partial charge in [0.1, 0.15) is 11.6 Å². The van der Waals surface area contributed by atoms with Crippen molar-refractivity contribution >= 4 is 17.5 Å². The molecule has 0 atom stereocenters. The Bertz CT molecular complexity index is 1270. The molecule has 0 spiro atoms. The number of halogens is 1. The van der Waals surface area contributed by atoms with Gasteiger partial charge in [-0.2, -0.15) is 9.61 Å². The lowest BCUT2D eigenvalue weighted by molar-refractivity contribution is 0.283. The average molecular weight is 442 g/mol. The topological polar surface area (TPSA) is 36.7 Å². The van der Waals surface area contributed by atoms with Crippen LogP contribution in [0.25, 0.3) is 22.9 Å². The second kappa shape index (κ2) is 9.16. The van der Waals surface area contributed by atoms with Crippen molar-refractivity contribution in [3.05, 3.63) is 89.5 Å². The summed E-state index contributed by atoms with van der Waals surface area (Å²) in [6.07, 6.45) is 4.43. The Hall–Kier alpha value is -3.51. The molecule has 0 amide bonds. The van der Waals surface area contributed by atoms with E-state index in [0.29, 0.717) is 0 Å². The summed E-state index contributed by atoms with van der Waals surface area (Å²) in [5.41, 5.74) is 5.80. The zero-order valence-corrected chi connectivity index (χ0v) is 19.1. The van der Waals surface area contributed by atoms with Crippen LogP contribution in [-0.2, 0) is 0 Å². The zero-order valence-electron chi connectivity index (χ0n) is 19.1. The number of fused-ring (bicyclic) bond motifs is 1. The first-order chi connectivity index (χ1) is 16.1. The first kappa shape index (κ1) is 21.3. The van der Waals surface area contributed by atoms with Crippen LogP contribution in [0.4, 0.5) is 10.2 Å². The van der Waals surface area contributed by atoms with Gasteiger partial charge in [0.15, 0.2) is 5.65 Å². The number of rotatable bonds is 5. The van der Waals surface area contributed by atoms with Crippen LogP contribution in [0.1, 0.15) is 17.0 Å². The molecule has 3 heterocycles. The summed E-state index contributed by atoms with van der Waals surface area (Å²) < 4.78 is 15.4. The Morgan fingerprint density at radius 1 is 0.939 bits per heavy atom. The molecule has 0 aliphatic carbocycles. The van der Waals surface area contributed by atoms with Crippen molar-refractivity contribution < 1.29 is 4.39 Å². The van der Waals surface area contributed by atoms with Gasteiger partial charge in [0.2, 0.25) is 0 Å². The van der Waals surface area contributed by atoms with Gasteiger partial charge in [0, 0.05) is 50.0 Å². The van der Waals surface area contributed by atoms with E-state index in [9.17, 15) is 4.39 Å². The Kier molecular flexibility index (Phi) is 5.92. The lowest BCUT2D eigenvalue weighted by atomic mass is 10.1. The van der Waals surface area contributed by atoms with E-state index in [2.05, 4.69) is 52.3 Å². The van der Waals surface area contributed by atoms with Crippen LogP contribution in [0.2, 0.25) is 0 Å². The molecular weight excluding hydrogens is 413 g/mol. The first-order valence-electron chi connectivity index (χ1n) is 11.4. The number of hydrogen-bond acceptors (Lipinski definition) is 4. The van der Waals surface area contributed by atoms with Crippen molar-refractivity contribution in [1.82, 2.24) is 19.5 Å². The Morgan fingerprint density at radius 3 is 2.39 bits per heavy atom. The molecule has 33 heavy (non-hydrogen) atoms. The molecule has 0 bridgehead atoms. The van der Waals surface area contributed by atoms with Crippen LogP contribution in [0.15, 0.2) is 66.7 Å². The summed E-state index contributed by atoms with van der Waals surface area (Å²) in [4.78, 5) is 9.66. The smallest absolute Gasteiger partial charge is 0.165 e. The average Bonchev–Trinajstić information content (AvgIpc) is 3.16. The SMILES string of the molecule is Cc1cc(N2CCN(CC=Cc3ccccc3)CC2)n2nc(C)c(-c3ccc(F)cc3)c2n1. The van der Waals surface area contributed by atoms with Gasteiger partial charge >= 0.3 is 0 Å². The quantitative estimate of drug-likeness (QED) is 0.437. The highest BCUT2D eigenvalue weighted by Crippen LogP contribution is 2.30. The van der Waals surface area contributed by atoms with Crippen LogP contribution in [0, 0.1) is 19.7 Å². The number of piperazine rings is 1. The fraction of sp³-hybridized carbons (Fsp3) is 0.259. The van der Waals surface area contributed by atoms with Crippen LogP contribution in [0.3, 0.4) is 0 Å². The predicted molar refractivity (Wildman–Crippen MR) is 132 cm³/mol. The lowest BCUT2D eigenvalue weighted by Crippen LogP contribution is -2.47. The maximum Gasteiger partial charge on any atom is 0.165 e. The van der Waals surface area contributed by atoms with Crippen LogP contribution < -0.4 is 4.90 Å².